The van der Waals surface area contributed by atoms with E-state index in [-0.39, 0.29) is 5.91 Å². The Kier molecular flexibility index (Phi) is 5.23. The minimum Gasteiger partial charge on any atom is -0.366 e. The van der Waals surface area contributed by atoms with Crippen LogP contribution in [-0.2, 0) is 6.54 Å². The maximum atomic E-state index is 12.3. The summed E-state index contributed by atoms with van der Waals surface area (Å²) < 4.78 is 0.840. The number of para-hydroxylation sites is 1. The maximum Gasteiger partial charge on any atom is 0.257 e. The van der Waals surface area contributed by atoms with Crippen LogP contribution < -0.4 is 10.6 Å². The minimum absolute atomic E-state index is 0.191. The van der Waals surface area contributed by atoms with Crippen molar-refractivity contribution in [1.29, 1.82) is 0 Å². The molecule has 0 aliphatic rings. The van der Waals surface area contributed by atoms with E-state index in [4.69, 9.17) is 0 Å². The highest BCUT2D eigenvalue weighted by atomic mass is 79.9. The molecule has 0 bridgehead atoms. The highest BCUT2D eigenvalue weighted by Crippen LogP contribution is 2.21. The van der Waals surface area contributed by atoms with E-state index in [1.165, 1.54) is 5.56 Å². The molecular formula is C19H16BrN3O. The number of carbonyl (C=O) groups excluding carboxylic acids is 1. The average molecular weight is 382 g/mol. The Morgan fingerprint density at radius 1 is 0.958 bits per heavy atom. The number of hydrogen-bond acceptors (Lipinski definition) is 3. The molecule has 0 spiro atoms. The first-order valence-electron chi connectivity index (χ1n) is 7.52. The molecule has 0 saturated carbocycles. The Morgan fingerprint density at radius 3 is 2.42 bits per heavy atom. The standard InChI is InChI=1S/C19H16BrN3O/c20-16-8-4-5-9-17(16)23-19(24)15-10-11-18(22-13-15)21-12-14-6-2-1-3-7-14/h1-11,13H,12H2,(H,21,22)(H,23,24). The van der Waals surface area contributed by atoms with Crippen LogP contribution in [0.2, 0.25) is 0 Å². The predicted octanol–water partition coefficient (Wildman–Crippen LogP) is 4.71. The lowest BCUT2D eigenvalue weighted by atomic mass is 10.2. The number of halogens is 1. The largest absolute Gasteiger partial charge is 0.366 e. The fraction of sp³-hybridized carbons (Fsp3) is 0.0526. The molecule has 120 valence electrons. The lowest BCUT2D eigenvalue weighted by molar-refractivity contribution is 0.102. The van der Waals surface area contributed by atoms with Gasteiger partial charge in [-0.1, -0.05) is 42.5 Å². The molecule has 2 aromatic carbocycles. The number of pyridine rings is 1. The van der Waals surface area contributed by atoms with Crippen molar-refractivity contribution in [2.45, 2.75) is 6.54 Å². The molecule has 2 N–H and O–H groups in total. The van der Waals surface area contributed by atoms with Gasteiger partial charge in [-0.3, -0.25) is 4.79 Å². The second-order valence-corrected chi connectivity index (χ2v) is 6.06. The van der Waals surface area contributed by atoms with Crippen molar-refractivity contribution in [2.75, 3.05) is 10.6 Å². The van der Waals surface area contributed by atoms with E-state index in [9.17, 15) is 4.79 Å². The molecule has 3 rings (SSSR count). The van der Waals surface area contributed by atoms with E-state index in [0.29, 0.717) is 12.1 Å². The first-order chi connectivity index (χ1) is 11.7. The Morgan fingerprint density at radius 2 is 1.71 bits per heavy atom. The lowest BCUT2D eigenvalue weighted by Gasteiger charge is -2.08. The third-order valence-corrected chi connectivity index (χ3v) is 4.16. The molecule has 0 radical (unpaired) electrons. The predicted molar refractivity (Wildman–Crippen MR) is 100 cm³/mol. The number of aromatic nitrogens is 1. The van der Waals surface area contributed by atoms with Gasteiger partial charge in [0.25, 0.3) is 5.91 Å². The molecule has 0 unspecified atom stereocenters. The summed E-state index contributed by atoms with van der Waals surface area (Å²) in [6.45, 7) is 0.691. The summed E-state index contributed by atoms with van der Waals surface area (Å²) in [5.74, 6) is 0.542. The van der Waals surface area contributed by atoms with E-state index in [2.05, 4.69) is 31.5 Å². The van der Waals surface area contributed by atoms with Crippen molar-refractivity contribution < 1.29 is 4.79 Å². The number of nitrogens with one attached hydrogen (secondary N) is 2. The SMILES string of the molecule is O=C(Nc1ccccc1Br)c1ccc(NCc2ccccc2)nc1. The molecule has 5 heteroatoms. The molecule has 0 saturated heterocycles. The van der Waals surface area contributed by atoms with Crippen molar-refractivity contribution in [3.63, 3.8) is 0 Å². The van der Waals surface area contributed by atoms with E-state index >= 15 is 0 Å². The fourth-order valence-electron chi connectivity index (χ4n) is 2.18. The van der Waals surface area contributed by atoms with Crippen molar-refractivity contribution in [3.8, 4) is 0 Å². The quantitative estimate of drug-likeness (QED) is 0.672. The summed E-state index contributed by atoms with van der Waals surface area (Å²) >= 11 is 3.41. The average Bonchev–Trinajstić information content (AvgIpc) is 2.63. The van der Waals surface area contributed by atoms with E-state index in [0.717, 1.165) is 16.0 Å². The molecule has 0 aliphatic carbocycles. The van der Waals surface area contributed by atoms with Gasteiger partial charge in [-0.25, -0.2) is 4.98 Å². The van der Waals surface area contributed by atoms with Gasteiger partial charge in [0, 0.05) is 17.2 Å². The number of anilines is 2. The Balaban J connectivity index is 1.61. The van der Waals surface area contributed by atoms with Gasteiger partial charge in [-0.05, 0) is 45.8 Å². The molecule has 3 aromatic rings. The normalized spacial score (nSPS) is 10.2. The highest BCUT2D eigenvalue weighted by Gasteiger charge is 2.08. The summed E-state index contributed by atoms with van der Waals surface area (Å²) in [7, 11) is 0. The molecule has 0 aliphatic heterocycles. The fourth-order valence-corrected chi connectivity index (χ4v) is 2.56. The number of benzene rings is 2. The van der Waals surface area contributed by atoms with E-state index in [1.807, 2.05) is 54.6 Å². The summed E-state index contributed by atoms with van der Waals surface area (Å²) in [5.41, 5.74) is 2.42. The van der Waals surface area contributed by atoms with Gasteiger partial charge in [0.15, 0.2) is 0 Å². The molecule has 0 fully saturated rings. The van der Waals surface area contributed by atoms with E-state index in [1.54, 1.807) is 18.3 Å². The van der Waals surface area contributed by atoms with Crippen LogP contribution >= 0.6 is 15.9 Å². The Bertz CT molecular complexity index is 820. The molecule has 0 atom stereocenters. The Hall–Kier alpha value is -2.66. The van der Waals surface area contributed by atoms with Crippen LogP contribution in [0.4, 0.5) is 11.5 Å². The molecule has 4 nitrogen and oxygen atoms in total. The Labute approximate surface area is 149 Å². The zero-order valence-corrected chi connectivity index (χ0v) is 14.5. The van der Waals surface area contributed by atoms with Gasteiger partial charge < -0.3 is 10.6 Å². The molecule has 1 aromatic heterocycles. The van der Waals surface area contributed by atoms with Crippen molar-refractivity contribution in [3.05, 3.63) is 88.5 Å². The third-order valence-electron chi connectivity index (χ3n) is 3.46. The second kappa shape index (κ2) is 7.75. The number of rotatable bonds is 5. The maximum absolute atomic E-state index is 12.3. The molecular weight excluding hydrogens is 366 g/mol. The molecule has 1 heterocycles. The number of nitrogens with zero attached hydrogens (tertiary/aromatic N) is 1. The van der Waals surface area contributed by atoms with Crippen LogP contribution in [0.5, 0.6) is 0 Å². The van der Waals surface area contributed by atoms with Crippen LogP contribution in [0.1, 0.15) is 15.9 Å². The number of amides is 1. The summed E-state index contributed by atoms with van der Waals surface area (Å²) in [6, 6.07) is 21.1. The first-order valence-corrected chi connectivity index (χ1v) is 8.31. The first kappa shape index (κ1) is 16.2. The summed E-state index contributed by atoms with van der Waals surface area (Å²) in [4.78, 5) is 16.6. The van der Waals surface area contributed by atoms with Crippen LogP contribution in [0, 0.1) is 0 Å². The van der Waals surface area contributed by atoms with Gasteiger partial charge in [-0.2, -0.15) is 0 Å². The van der Waals surface area contributed by atoms with E-state index < -0.39 is 0 Å². The second-order valence-electron chi connectivity index (χ2n) is 5.21. The van der Waals surface area contributed by atoms with Crippen LogP contribution in [0.15, 0.2) is 77.4 Å². The van der Waals surface area contributed by atoms with Gasteiger partial charge in [0.1, 0.15) is 5.82 Å². The highest BCUT2D eigenvalue weighted by molar-refractivity contribution is 9.10. The van der Waals surface area contributed by atoms with Gasteiger partial charge in [0.2, 0.25) is 0 Å². The van der Waals surface area contributed by atoms with Crippen molar-refractivity contribution in [2.24, 2.45) is 0 Å². The third kappa shape index (κ3) is 4.20. The number of hydrogen-bond donors (Lipinski definition) is 2. The zero-order valence-electron chi connectivity index (χ0n) is 12.9. The minimum atomic E-state index is -0.191. The zero-order chi connectivity index (χ0) is 16.8. The molecule has 24 heavy (non-hydrogen) atoms. The van der Waals surface area contributed by atoms with Crippen molar-refractivity contribution >= 4 is 33.3 Å². The topological polar surface area (TPSA) is 54.0 Å². The van der Waals surface area contributed by atoms with Gasteiger partial charge in [0.05, 0.1) is 11.3 Å². The summed E-state index contributed by atoms with van der Waals surface area (Å²) in [6.07, 6.45) is 1.57. The van der Waals surface area contributed by atoms with Crippen LogP contribution in [0.25, 0.3) is 0 Å². The lowest BCUT2D eigenvalue weighted by Crippen LogP contribution is -2.13. The monoisotopic (exact) mass is 381 g/mol. The molecule has 1 amide bonds. The van der Waals surface area contributed by atoms with Gasteiger partial charge >= 0.3 is 0 Å². The van der Waals surface area contributed by atoms with Crippen LogP contribution in [0.3, 0.4) is 0 Å². The van der Waals surface area contributed by atoms with Crippen LogP contribution in [-0.4, -0.2) is 10.9 Å². The van der Waals surface area contributed by atoms with Gasteiger partial charge in [-0.15, -0.1) is 0 Å². The smallest absolute Gasteiger partial charge is 0.257 e. The van der Waals surface area contributed by atoms with Crippen molar-refractivity contribution in [1.82, 2.24) is 4.98 Å². The number of carbonyl (C=O) groups is 1. The summed E-state index contributed by atoms with van der Waals surface area (Å²) in [5, 5.41) is 6.09.